The summed E-state index contributed by atoms with van der Waals surface area (Å²) in [6, 6.07) is 7.92. The Kier molecular flexibility index (Phi) is 5.87. The number of fused-ring (bicyclic) bond motifs is 1. The zero-order chi connectivity index (χ0) is 20.4. The van der Waals surface area contributed by atoms with Gasteiger partial charge in [-0.05, 0) is 55.0 Å². The molecule has 0 unspecified atom stereocenters. The molecule has 154 valence electrons. The van der Waals surface area contributed by atoms with Gasteiger partial charge in [0.25, 0.3) is 5.91 Å². The molecule has 7 heteroatoms. The van der Waals surface area contributed by atoms with Gasteiger partial charge in [0.05, 0.1) is 18.8 Å². The van der Waals surface area contributed by atoms with Crippen LogP contribution in [0.4, 0.5) is 16.4 Å². The topological polar surface area (TPSA) is 70.7 Å². The molecule has 2 aromatic rings. The lowest BCUT2D eigenvalue weighted by molar-refractivity contribution is -0.114. The van der Waals surface area contributed by atoms with Crippen LogP contribution < -0.4 is 15.5 Å². The number of anilines is 3. The lowest BCUT2D eigenvalue weighted by atomic mass is 9.88. The first-order valence-electron chi connectivity index (χ1n) is 10.2. The summed E-state index contributed by atoms with van der Waals surface area (Å²) in [5, 5.41) is 6.55. The van der Waals surface area contributed by atoms with Gasteiger partial charge in [0, 0.05) is 36.3 Å². The largest absolute Gasteiger partial charge is 0.378 e. The van der Waals surface area contributed by atoms with Crippen molar-refractivity contribution in [2.45, 2.75) is 33.1 Å². The van der Waals surface area contributed by atoms with Crippen molar-refractivity contribution in [2.75, 3.05) is 41.8 Å². The van der Waals surface area contributed by atoms with Gasteiger partial charge in [0.15, 0.2) is 0 Å². The lowest BCUT2D eigenvalue weighted by Crippen LogP contribution is -2.36. The van der Waals surface area contributed by atoms with E-state index >= 15 is 0 Å². The minimum Gasteiger partial charge on any atom is -0.378 e. The van der Waals surface area contributed by atoms with Crippen LogP contribution in [0.25, 0.3) is 0 Å². The van der Waals surface area contributed by atoms with Crippen LogP contribution in [0.15, 0.2) is 24.3 Å². The van der Waals surface area contributed by atoms with Crippen molar-refractivity contribution < 1.29 is 14.3 Å². The molecule has 4 rings (SSSR count). The quantitative estimate of drug-likeness (QED) is 0.797. The second-order valence-corrected chi connectivity index (χ2v) is 8.94. The molecule has 29 heavy (non-hydrogen) atoms. The summed E-state index contributed by atoms with van der Waals surface area (Å²) in [7, 11) is 0. The van der Waals surface area contributed by atoms with Crippen molar-refractivity contribution in [3.05, 3.63) is 40.3 Å². The predicted molar refractivity (Wildman–Crippen MR) is 117 cm³/mol. The minimum atomic E-state index is -0.153. The fraction of sp³-hybridized carbons (Fsp3) is 0.455. The molecular formula is C22H27N3O3S. The van der Waals surface area contributed by atoms with Gasteiger partial charge in [-0.1, -0.05) is 6.92 Å². The third kappa shape index (κ3) is 4.46. The first-order chi connectivity index (χ1) is 14.0. The highest BCUT2D eigenvalue weighted by atomic mass is 32.1. The third-order valence-electron chi connectivity index (χ3n) is 5.53. The van der Waals surface area contributed by atoms with Gasteiger partial charge in [-0.3, -0.25) is 9.59 Å². The number of hydrogen-bond acceptors (Lipinski definition) is 5. The first kappa shape index (κ1) is 19.9. The van der Waals surface area contributed by atoms with E-state index in [9.17, 15) is 9.59 Å². The summed E-state index contributed by atoms with van der Waals surface area (Å²) in [5.74, 6) is 0.301. The summed E-state index contributed by atoms with van der Waals surface area (Å²) in [6.07, 6.45) is 2.91. The van der Waals surface area contributed by atoms with E-state index in [-0.39, 0.29) is 11.8 Å². The van der Waals surface area contributed by atoms with Gasteiger partial charge in [-0.25, -0.2) is 0 Å². The zero-order valence-corrected chi connectivity index (χ0v) is 17.7. The van der Waals surface area contributed by atoms with E-state index in [0.717, 1.165) is 62.5 Å². The van der Waals surface area contributed by atoms with Crippen molar-refractivity contribution in [2.24, 2.45) is 5.92 Å². The van der Waals surface area contributed by atoms with E-state index in [0.29, 0.717) is 16.5 Å². The van der Waals surface area contributed by atoms with Crippen LogP contribution in [0.1, 0.15) is 41.1 Å². The standard InChI is InChI=1S/C22H27N3O3S/c1-14-3-8-18-19(13-14)29-22(23-15(2)26)20(18)21(27)24-16-4-6-17(7-5-16)25-9-11-28-12-10-25/h4-7,14H,3,8-13H2,1-2H3,(H,23,26)(H,24,27)/t14-/m1/s1. The molecule has 2 aliphatic rings. The molecule has 1 saturated heterocycles. The SMILES string of the molecule is CC(=O)Nc1sc2c(c1C(=O)Nc1ccc(N3CCOCC3)cc1)CC[C@@H](C)C2. The summed E-state index contributed by atoms with van der Waals surface area (Å²) in [4.78, 5) is 28.3. The van der Waals surface area contributed by atoms with Crippen LogP contribution in [0.5, 0.6) is 0 Å². The Labute approximate surface area is 175 Å². The number of rotatable bonds is 4. The van der Waals surface area contributed by atoms with Crippen LogP contribution in [-0.4, -0.2) is 38.1 Å². The van der Waals surface area contributed by atoms with E-state index < -0.39 is 0 Å². The van der Waals surface area contributed by atoms with E-state index in [4.69, 9.17) is 4.74 Å². The number of thiophene rings is 1. The Morgan fingerprint density at radius 3 is 2.55 bits per heavy atom. The second kappa shape index (κ2) is 8.55. The van der Waals surface area contributed by atoms with Gasteiger partial charge in [0.2, 0.25) is 5.91 Å². The highest BCUT2D eigenvalue weighted by Crippen LogP contribution is 2.40. The van der Waals surface area contributed by atoms with Crippen LogP contribution in [0, 0.1) is 5.92 Å². The molecule has 1 aliphatic heterocycles. The fourth-order valence-corrected chi connectivity index (χ4v) is 5.46. The Hall–Kier alpha value is -2.38. The van der Waals surface area contributed by atoms with Crippen molar-refractivity contribution in [3.8, 4) is 0 Å². The Morgan fingerprint density at radius 1 is 1.14 bits per heavy atom. The Morgan fingerprint density at radius 2 is 1.86 bits per heavy atom. The summed E-state index contributed by atoms with van der Waals surface area (Å²) >= 11 is 1.54. The van der Waals surface area contributed by atoms with Crippen LogP contribution >= 0.6 is 11.3 Å². The second-order valence-electron chi connectivity index (χ2n) is 7.84. The number of nitrogens with zero attached hydrogens (tertiary/aromatic N) is 1. The molecule has 2 amide bonds. The van der Waals surface area contributed by atoms with Crippen molar-refractivity contribution in [3.63, 3.8) is 0 Å². The van der Waals surface area contributed by atoms with Gasteiger partial charge < -0.3 is 20.3 Å². The summed E-state index contributed by atoms with van der Waals surface area (Å²) in [5.41, 5.74) is 3.61. The predicted octanol–water partition coefficient (Wildman–Crippen LogP) is 3.92. The third-order valence-corrected chi connectivity index (χ3v) is 6.70. The molecule has 6 nitrogen and oxygen atoms in total. The van der Waals surface area contributed by atoms with Crippen molar-refractivity contribution in [1.29, 1.82) is 0 Å². The van der Waals surface area contributed by atoms with Gasteiger partial charge in [-0.2, -0.15) is 0 Å². The van der Waals surface area contributed by atoms with E-state index in [1.54, 1.807) is 11.3 Å². The van der Waals surface area contributed by atoms with E-state index in [1.165, 1.54) is 11.8 Å². The lowest BCUT2D eigenvalue weighted by Gasteiger charge is -2.28. The number of ether oxygens (including phenoxy) is 1. The van der Waals surface area contributed by atoms with Gasteiger partial charge in [0.1, 0.15) is 5.00 Å². The molecule has 2 heterocycles. The first-order valence-corrected chi connectivity index (χ1v) is 11.0. The normalized spacial score (nSPS) is 18.8. The highest BCUT2D eigenvalue weighted by Gasteiger charge is 2.28. The average molecular weight is 414 g/mol. The number of morpholine rings is 1. The van der Waals surface area contributed by atoms with Crippen molar-refractivity contribution >= 4 is 39.5 Å². The van der Waals surface area contributed by atoms with Crippen molar-refractivity contribution in [1.82, 2.24) is 0 Å². The molecule has 0 bridgehead atoms. The summed E-state index contributed by atoms with van der Waals surface area (Å²) < 4.78 is 5.40. The van der Waals surface area contributed by atoms with Crippen LogP contribution in [0.2, 0.25) is 0 Å². The number of carbonyl (C=O) groups is 2. The maximum absolute atomic E-state index is 13.1. The molecule has 0 radical (unpaired) electrons. The molecule has 1 atom stereocenters. The van der Waals surface area contributed by atoms with Crippen LogP contribution in [-0.2, 0) is 22.4 Å². The van der Waals surface area contributed by atoms with E-state index in [2.05, 4.69) is 22.5 Å². The maximum atomic E-state index is 13.1. The molecule has 1 fully saturated rings. The summed E-state index contributed by atoms with van der Waals surface area (Å²) in [6.45, 7) is 6.96. The average Bonchev–Trinajstić information content (AvgIpc) is 3.05. The number of carbonyl (C=O) groups excluding carboxylic acids is 2. The maximum Gasteiger partial charge on any atom is 0.258 e. The molecule has 0 spiro atoms. The monoisotopic (exact) mass is 413 g/mol. The number of benzene rings is 1. The van der Waals surface area contributed by atoms with E-state index in [1.807, 2.05) is 24.3 Å². The highest BCUT2D eigenvalue weighted by molar-refractivity contribution is 7.17. The molecule has 0 saturated carbocycles. The Balaban J connectivity index is 1.54. The number of nitrogens with one attached hydrogen (secondary N) is 2. The number of amides is 2. The molecule has 1 aromatic carbocycles. The Bertz CT molecular complexity index is 901. The molecule has 2 N–H and O–H groups in total. The number of hydrogen-bond donors (Lipinski definition) is 2. The fourth-order valence-electron chi connectivity index (χ4n) is 4.01. The zero-order valence-electron chi connectivity index (χ0n) is 16.9. The van der Waals surface area contributed by atoms with Gasteiger partial charge in [-0.15, -0.1) is 11.3 Å². The molecule has 1 aliphatic carbocycles. The smallest absolute Gasteiger partial charge is 0.258 e. The van der Waals surface area contributed by atoms with Gasteiger partial charge >= 0.3 is 0 Å². The van der Waals surface area contributed by atoms with Crippen LogP contribution in [0.3, 0.4) is 0 Å². The minimum absolute atomic E-state index is 0.152. The molecule has 1 aromatic heterocycles. The molecular weight excluding hydrogens is 386 g/mol.